The van der Waals surface area contributed by atoms with Gasteiger partial charge in [-0.1, -0.05) is 29.9 Å². The number of amides is 1. The van der Waals surface area contributed by atoms with E-state index in [1.54, 1.807) is 18.2 Å². The Morgan fingerprint density at radius 2 is 2.21 bits per heavy atom. The van der Waals surface area contributed by atoms with Gasteiger partial charge >= 0.3 is 0 Å². The summed E-state index contributed by atoms with van der Waals surface area (Å²) in [6, 6.07) is 3.54. The number of fused-ring (bicyclic) bond motifs is 1. The Balaban J connectivity index is 1.70. The highest BCUT2D eigenvalue weighted by Gasteiger charge is 2.15. The van der Waals surface area contributed by atoms with Crippen LogP contribution in [0.2, 0.25) is 5.02 Å². The molecule has 0 saturated carbocycles. The molecule has 0 bridgehead atoms. The summed E-state index contributed by atoms with van der Waals surface area (Å²) in [5.41, 5.74) is 0.755. The standard InChI is InChI=1S/C16H16ClN3O3S/c1-2-14-19-20-16(24-14)18-13(21)5-4-10-8-11(17)15-12(9-10)22-6-3-7-23-15/h4-5,8-9H,2-3,6-7H2,1H3,(H,18,20,21)/b5-4+. The number of rotatable bonds is 4. The van der Waals surface area contributed by atoms with Crippen molar-refractivity contribution in [2.24, 2.45) is 0 Å². The Bertz CT molecular complexity index is 776. The molecule has 0 atom stereocenters. The lowest BCUT2D eigenvalue weighted by molar-refractivity contribution is -0.111. The lowest BCUT2D eigenvalue weighted by Gasteiger charge is -2.09. The van der Waals surface area contributed by atoms with Crippen LogP contribution < -0.4 is 14.8 Å². The van der Waals surface area contributed by atoms with Gasteiger partial charge in [-0.25, -0.2) is 0 Å². The second-order valence-corrected chi connectivity index (χ2v) is 6.53. The van der Waals surface area contributed by atoms with Gasteiger partial charge in [-0.05, 0) is 30.2 Å². The summed E-state index contributed by atoms with van der Waals surface area (Å²) >= 11 is 7.59. The summed E-state index contributed by atoms with van der Waals surface area (Å²) in [4.78, 5) is 12.0. The first kappa shape index (κ1) is 16.7. The molecule has 0 spiro atoms. The Morgan fingerprint density at radius 1 is 1.38 bits per heavy atom. The minimum atomic E-state index is -0.281. The van der Waals surface area contributed by atoms with Crippen LogP contribution in [0.4, 0.5) is 5.13 Å². The van der Waals surface area contributed by atoms with Gasteiger partial charge < -0.3 is 9.47 Å². The van der Waals surface area contributed by atoms with Gasteiger partial charge in [0.25, 0.3) is 0 Å². The molecule has 0 unspecified atom stereocenters. The number of nitrogens with zero attached hydrogens (tertiary/aromatic N) is 2. The van der Waals surface area contributed by atoms with Crippen LogP contribution in [0.15, 0.2) is 18.2 Å². The number of anilines is 1. The smallest absolute Gasteiger partial charge is 0.250 e. The molecule has 6 nitrogen and oxygen atoms in total. The number of aromatic nitrogens is 2. The van der Waals surface area contributed by atoms with Gasteiger partial charge in [-0.15, -0.1) is 10.2 Å². The quantitative estimate of drug-likeness (QED) is 0.838. The minimum Gasteiger partial charge on any atom is -0.489 e. The van der Waals surface area contributed by atoms with E-state index in [1.165, 1.54) is 17.4 Å². The molecule has 0 radical (unpaired) electrons. The normalized spacial score (nSPS) is 13.8. The second-order valence-electron chi connectivity index (χ2n) is 5.06. The molecule has 0 saturated heterocycles. The van der Waals surface area contributed by atoms with Crippen LogP contribution in [0.25, 0.3) is 6.08 Å². The van der Waals surface area contributed by atoms with Gasteiger partial charge in [0.2, 0.25) is 11.0 Å². The molecule has 1 aliphatic rings. The third-order valence-corrected chi connectivity index (χ3v) is 4.51. The SMILES string of the molecule is CCc1nnc(NC(=O)/C=C/c2cc(Cl)c3c(c2)OCCCO3)s1. The molecule has 1 aromatic carbocycles. The number of halogens is 1. The van der Waals surface area contributed by atoms with E-state index in [2.05, 4.69) is 15.5 Å². The molecule has 126 valence electrons. The lowest BCUT2D eigenvalue weighted by atomic mass is 10.2. The third-order valence-electron chi connectivity index (χ3n) is 3.25. The minimum absolute atomic E-state index is 0.281. The molecular weight excluding hydrogens is 350 g/mol. The summed E-state index contributed by atoms with van der Waals surface area (Å²) < 4.78 is 11.2. The van der Waals surface area contributed by atoms with E-state index in [9.17, 15) is 4.79 Å². The number of benzene rings is 1. The molecule has 1 N–H and O–H groups in total. The molecule has 0 aliphatic carbocycles. The maximum atomic E-state index is 12.0. The van der Waals surface area contributed by atoms with Crippen LogP contribution in [-0.4, -0.2) is 29.3 Å². The summed E-state index contributed by atoms with van der Waals surface area (Å²) in [7, 11) is 0. The predicted octanol–water partition coefficient (Wildman–Crippen LogP) is 3.57. The van der Waals surface area contributed by atoms with Crippen molar-refractivity contribution in [3.8, 4) is 11.5 Å². The topological polar surface area (TPSA) is 73.3 Å². The molecule has 1 amide bonds. The highest BCUT2D eigenvalue weighted by Crippen LogP contribution is 2.38. The molecule has 2 aromatic rings. The zero-order valence-corrected chi connectivity index (χ0v) is 14.6. The van der Waals surface area contributed by atoms with Gasteiger partial charge in [0.15, 0.2) is 11.5 Å². The predicted molar refractivity (Wildman–Crippen MR) is 94.0 cm³/mol. The van der Waals surface area contributed by atoms with Crippen LogP contribution >= 0.6 is 22.9 Å². The lowest BCUT2D eigenvalue weighted by Crippen LogP contribution is -2.07. The molecule has 2 heterocycles. The summed E-state index contributed by atoms with van der Waals surface area (Å²) in [6.07, 6.45) is 4.68. The molecular formula is C16H16ClN3O3S. The number of nitrogens with one attached hydrogen (secondary N) is 1. The first-order valence-electron chi connectivity index (χ1n) is 7.56. The zero-order chi connectivity index (χ0) is 16.9. The monoisotopic (exact) mass is 365 g/mol. The van der Waals surface area contributed by atoms with Crippen molar-refractivity contribution in [2.75, 3.05) is 18.5 Å². The first-order chi connectivity index (χ1) is 11.7. The fourth-order valence-electron chi connectivity index (χ4n) is 2.11. The van der Waals surface area contributed by atoms with E-state index in [1.807, 2.05) is 6.92 Å². The second kappa shape index (κ2) is 7.63. The van der Waals surface area contributed by atoms with Crippen LogP contribution in [0, 0.1) is 0 Å². The molecule has 1 aliphatic heterocycles. The van der Waals surface area contributed by atoms with Crippen molar-refractivity contribution in [1.29, 1.82) is 0 Å². The number of ether oxygens (including phenoxy) is 2. The van der Waals surface area contributed by atoms with Crippen molar-refractivity contribution in [3.05, 3.63) is 33.8 Å². The first-order valence-corrected chi connectivity index (χ1v) is 8.75. The average Bonchev–Trinajstić information content (AvgIpc) is 2.88. The van der Waals surface area contributed by atoms with Crippen LogP contribution in [0.5, 0.6) is 11.5 Å². The summed E-state index contributed by atoms with van der Waals surface area (Å²) in [5.74, 6) is 0.866. The fraction of sp³-hybridized carbons (Fsp3) is 0.312. The average molecular weight is 366 g/mol. The van der Waals surface area contributed by atoms with Crippen LogP contribution in [0.3, 0.4) is 0 Å². The van der Waals surface area contributed by atoms with Gasteiger partial charge in [-0.3, -0.25) is 10.1 Å². The van der Waals surface area contributed by atoms with Gasteiger partial charge in [-0.2, -0.15) is 0 Å². The van der Waals surface area contributed by atoms with E-state index in [0.29, 0.717) is 34.9 Å². The van der Waals surface area contributed by atoms with E-state index >= 15 is 0 Å². The molecule has 0 fully saturated rings. The van der Waals surface area contributed by atoms with E-state index in [4.69, 9.17) is 21.1 Å². The van der Waals surface area contributed by atoms with Crippen LogP contribution in [0.1, 0.15) is 23.9 Å². The Labute approximate surface area is 148 Å². The fourth-order valence-corrected chi connectivity index (χ4v) is 3.07. The third kappa shape index (κ3) is 4.04. The number of aryl methyl sites for hydroxylation is 1. The van der Waals surface area contributed by atoms with Gasteiger partial charge in [0.05, 0.1) is 18.2 Å². The zero-order valence-electron chi connectivity index (χ0n) is 13.0. The molecule has 8 heteroatoms. The Kier molecular flexibility index (Phi) is 5.32. The van der Waals surface area contributed by atoms with Gasteiger partial charge in [0.1, 0.15) is 5.01 Å². The highest BCUT2D eigenvalue weighted by atomic mass is 35.5. The molecule has 3 rings (SSSR count). The maximum absolute atomic E-state index is 12.0. The van der Waals surface area contributed by atoms with Crippen molar-refractivity contribution in [2.45, 2.75) is 19.8 Å². The van der Waals surface area contributed by atoms with Crippen molar-refractivity contribution < 1.29 is 14.3 Å². The Hall–Kier alpha value is -2.12. The number of carbonyl (C=O) groups excluding carboxylic acids is 1. The summed E-state index contributed by atoms with van der Waals surface area (Å²) in [5, 5.41) is 12.4. The van der Waals surface area contributed by atoms with Crippen molar-refractivity contribution in [3.63, 3.8) is 0 Å². The largest absolute Gasteiger partial charge is 0.489 e. The van der Waals surface area contributed by atoms with E-state index < -0.39 is 0 Å². The number of hydrogen-bond acceptors (Lipinski definition) is 6. The van der Waals surface area contributed by atoms with E-state index in [0.717, 1.165) is 23.4 Å². The van der Waals surface area contributed by atoms with Crippen molar-refractivity contribution >= 4 is 40.1 Å². The van der Waals surface area contributed by atoms with Crippen LogP contribution in [-0.2, 0) is 11.2 Å². The maximum Gasteiger partial charge on any atom is 0.250 e. The highest BCUT2D eigenvalue weighted by molar-refractivity contribution is 7.15. The number of hydrogen-bond donors (Lipinski definition) is 1. The summed E-state index contributed by atoms with van der Waals surface area (Å²) in [6.45, 7) is 3.14. The molecule has 24 heavy (non-hydrogen) atoms. The van der Waals surface area contributed by atoms with Gasteiger partial charge in [0, 0.05) is 12.5 Å². The number of carbonyl (C=O) groups is 1. The van der Waals surface area contributed by atoms with Crippen molar-refractivity contribution in [1.82, 2.24) is 10.2 Å². The Morgan fingerprint density at radius 3 is 3.00 bits per heavy atom. The van der Waals surface area contributed by atoms with E-state index in [-0.39, 0.29) is 5.91 Å². The molecule has 1 aromatic heterocycles.